The van der Waals surface area contributed by atoms with Crippen LogP contribution in [-0.2, 0) is 13.2 Å². The maximum absolute atomic E-state index is 6.17. The van der Waals surface area contributed by atoms with Gasteiger partial charge < -0.3 is 10.1 Å². The maximum atomic E-state index is 6.17. The summed E-state index contributed by atoms with van der Waals surface area (Å²) in [4.78, 5) is 0. The zero-order valence-electron chi connectivity index (χ0n) is 14.2. The summed E-state index contributed by atoms with van der Waals surface area (Å²) in [6.45, 7) is 3.27. The number of hydrogen-bond donors (Lipinski definition) is 1. The first-order chi connectivity index (χ1) is 12.5. The van der Waals surface area contributed by atoms with Gasteiger partial charge in [-0.05, 0) is 70.4 Å². The molecule has 0 radical (unpaired) electrons. The first-order valence-electron chi connectivity index (χ1n) is 8.17. The van der Waals surface area contributed by atoms with Crippen LogP contribution in [0.5, 0.6) is 5.75 Å². The lowest BCUT2D eigenvalue weighted by atomic mass is 10.1. The molecular formula is C21H18Br2ClNO. The molecule has 0 aromatic heterocycles. The molecule has 0 aliphatic heterocycles. The monoisotopic (exact) mass is 493 g/mol. The minimum atomic E-state index is 0.438. The number of halogens is 3. The number of nitrogens with one attached hydrogen (secondary N) is 1. The van der Waals surface area contributed by atoms with Gasteiger partial charge in [-0.3, -0.25) is 0 Å². The van der Waals surface area contributed by atoms with Crippen molar-refractivity contribution < 1.29 is 4.74 Å². The van der Waals surface area contributed by atoms with Crippen molar-refractivity contribution in [3.05, 3.63) is 91.3 Å². The Bertz CT molecular complexity index is 914. The van der Waals surface area contributed by atoms with Crippen molar-refractivity contribution in [1.29, 1.82) is 0 Å². The summed E-state index contributed by atoms with van der Waals surface area (Å²) in [5.74, 6) is 0.800. The largest absolute Gasteiger partial charge is 0.488 e. The summed E-state index contributed by atoms with van der Waals surface area (Å²) < 4.78 is 7.91. The minimum Gasteiger partial charge on any atom is -0.488 e. The van der Waals surface area contributed by atoms with Crippen LogP contribution in [0, 0.1) is 6.92 Å². The highest BCUT2D eigenvalue weighted by Gasteiger charge is 2.06. The Morgan fingerprint density at radius 1 is 1.00 bits per heavy atom. The van der Waals surface area contributed by atoms with E-state index in [1.807, 2.05) is 36.4 Å². The average Bonchev–Trinajstić information content (AvgIpc) is 2.61. The fourth-order valence-corrected chi connectivity index (χ4v) is 3.77. The van der Waals surface area contributed by atoms with Crippen molar-refractivity contribution in [2.75, 3.05) is 5.32 Å². The Balaban J connectivity index is 1.63. The van der Waals surface area contributed by atoms with Crippen LogP contribution in [0.4, 0.5) is 5.69 Å². The van der Waals surface area contributed by atoms with Gasteiger partial charge >= 0.3 is 0 Å². The van der Waals surface area contributed by atoms with Crippen LogP contribution in [0.15, 0.2) is 69.6 Å². The summed E-state index contributed by atoms with van der Waals surface area (Å²) in [6.07, 6.45) is 0. The van der Waals surface area contributed by atoms with Crippen molar-refractivity contribution >= 4 is 49.1 Å². The molecule has 1 N–H and O–H groups in total. The van der Waals surface area contributed by atoms with Crippen LogP contribution in [0.2, 0.25) is 5.02 Å². The lowest BCUT2D eigenvalue weighted by Gasteiger charge is -2.13. The van der Waals surface area contributed by atoms with Gasteiger partial charge in [-0.2, -0.15) is 0 Å². The SMILES string of the molecule is Cc1cc(Br)ccc1NCc1ccc(OCc2ccccc2Cl)c(Br)c1. The maximum Gasteiger partial charge on any atom is 0.134 e. The molecule has 0 fully saturated rings. The van der Waals surface area contributed by atoms with E-state index in [0.717, 1.165) is 32.5 Å². The number of aryl methyl sites for hydroxylation is 1. The smallest absolute Gasteiger partial charge is 0.134 e. The topological polar surface area (TPSA) is 21.3 Å². The van der Waals surface area contributed by atoms with Gasteiger partial charge in [-0.25, -0.2) is 0 Å². The molecule has 0 aliphatic rings. The number of hydrogen-bond acceptors (Lipinski definition) is 2. The fourth-order valence-electron chi connectivity index (χ4n) is 2.57. The fraction of sp³-hybridized carbons (Fsp3) is 0.143. The molecule has 0 heterocycles. The number of rotatable bonds is 6. The van der Waals surface area contributed by atoms with E-state index < -0.39 is 0 Å². The average molecular weight is 496 g/mol. The van der Waals surface area contributed by atoms with Crippen LogP contribution in [0.1, 0.15) is 16.7 Å². The highest BCUT2D eigenvalue weighted by atomic mass is 79.9. The number of benzene rings is 3. The summed E-state index contributed by atoms with van der Waals surface area (Å²) in [5, 5.41) is 4.19. The van der Waals surface area contributed by atoms with Crippen LogP contribution in [-0.4, -0.2) is 0 Å². The van der Waals surface area contributed by atoms with Gasteiger partial charge in [0, 0.05) is 27.3 Å². The molecule has 0 atom stereocenters. The molecule has 26 heavy (non-hydrogen) atoms. The van der Waals surface area contributed by atoms with Crippen LogP contribution in [0.3, 0.4) is 0 Å². The summed E-state index contributed by atoms with van der Waals surface area (Å²) in [5.41, 5.74) is 4.48. The van der Waals surface area contributed by atoms with Gasteiger partial charge in [0.1, 0.15) is 12.4 Å². The van der Waals surface area contributed by atoms with Crippen LogP contribution >= 0.6 is 43.5 Å². The van der Waals surface area contributed by atoms with E-state index in [9.17, 15) is 0 Å². The van der Waals surface area contributed by atoms with Gasteiger partial charge in [0.05, 0.1) is 4.47 Å². The molecule has 0 spiro atoms. The molecule has 3 aromatic rings. The third-order valence-electron chi connectivity index (χ3n) is 4.01. The predicted octanol–water partition coefficient (Wildman–Crippen LogP) is 7.36. The molecule has 2 nitrogen and oxygen atoms in total. The van der Waals surface area contributed by atoms with Gasteiger partial charge in [-0.15, -0.1) is 0 Å². The van der Waals surface area contributed by atoms with Crippen molar-refractivity contribution in [1.82, 2.24) is 0 Å². The van der Waals surface area contributed by atoms with Gasteiger partial charge in [0.15, 0.2) is 0 Å². The van der Waals surface area contributed by atoms with E-state index in [0.29, 0.717) is 11.6 Å². The molecule has 5 heteroatoms. The molecule has 134 valence electrons. The first-order valence-corrected chi connectivity index (χ1v) is 10.1. The quantitative estimate of drug-likeness (QED) is 0.386. The van der Waals surface area contributed by atoms with Gasteiger partial charge in [0.25, 0.3) is 0 Å². The Labute approximate surface area is 175 Å². The van der Waals surface area contributed by atoms with E-state index in [1.165, 1.54) is 11.1 Å². The number of anilines is 1. The first kappa shape index (κ1) is 19.3. The Hall–Kier alpha value is -1.49. The zero-order valence-corrected chi connectivity index (χ0v) is 18.2. The van der Waals surface area contributed by atoms with Crippen LogP contribution < -0.4 is 10.1 Å². The lowest BCUT2D eigenvalue weighted by molar-refractivity contribution is 0.304. The second-order valence-corrected chi connectivity index (χ2v) is 8.13. The lowest BCUT2D eigenvalue weighted by Crippen LogP contribution is -2.02. The van der Waals surface area contributed by atoms with Gasteiger partial charge in [0.2, 0.25) is 0 Å². The van der Waals surface area contributed by atoms with Crippen molar-refractivity contribution in [2.45, 2.75) is 20.1 Å². The predicted molar refractivity (Wildman–Crippen MR) is 116 cm³/mol. The van der Waals surface area contributed by atoms with E-state index in [4.69, 9.17) is 16.3 Å². The molecule has 0 aliphatic carbocycles. The summed E-state index contributed by atoms with van der Waals surface area (Å²) in [6, 6.07) is 20.0. The normalized spacial score (nSPS) is 10.6. The molecule has 0 bridgehead atoms. The Morgan fingerprint density at radius 2 is 1.81 bits per heavy atom. The Kier molecular flexibility index (Phi) is 6.63. The second kappa shape index (κ2) is 8.94. The molecule has 3 aromatic carbocycles. The molecule has 3 rings (SSSR count). The molecule has 0 saturated carbocycles. The summed E-state index contributed by atoms with van der Waals surface area (Å²) in [7, 11) is 0. The van der Waals surface area contributed by atoms with Crippen molar-refractivity contribution in [3.63, 3.8) is 0 Å². The Morgan fingerprint density at radius 3 is 2.54 bits per heavy atom. The van der Waals surface area contributed by atoms with Crippen LogP contribution in [0.25, 0.3) is 0 Å². The van der Waals surface area contributed by atoms with E-state index in [1.54, 1.807) is 0 Å². The van der Waals surface area contributed by atoms with E-state index in [2.05, 4.69) is 68.4 Å². The molecule has 0 amide bonds. The molecule has 0 saturated heterocycles. The van der Waals surface area contributed by atoms with Crippen molar-refractivity contribution in [3.8, 4) is 5.75 Å². The van der Waals surface area contributed by atoms with Gasteiger partial charge in [-0.1, -0.05) is 51.8 Å². The van der Waals surface area contributed by atoms with E-state index in [-0.39, 0.29) is 0 Å². The third kappa shape index (κ3) is 5.03. The van der Waals surface area contributed by atoms with Crippen molar-refractivity contribution in [2.24, 2.45) is 0 Å². The highest BCUT2D eigenvalue weighted by Crippen LogP contribution is 2.28. The second-order valence-electron chi connectivity index (χ2n) is 5.96. The molecular weight excluding hydrogens is 477 g/mol. The summed E-state index contributed by atoms with van der Waals surface area (Å²) >= 11 is 13.3. The highest BCUT2D eigenvalue weighted by molar-refractivity contribution is 9.10. The standard InChI is InChI=1S/C21H18Br2ClNO/c1-14-10-17(22)7-8-20(14)25-12-15-6-9-21(18(23)11-15)26-13-16-4-2-3-5-19(16)24/h2-11,25H,12-13H2,1H3. The molecule has 0 unspecified atom stereocenters. The minimum absolute atomic E-state index is 0.438. The third-order valence-corrected chi connectivity index (χ3v) is 5.49. The van der Waals surface area contributed by atoms with E-state index >= 15 is 0 Å². The number of ether oxygens (including phenoxy) is 1. The zero-order chi connectivity index (χ0) is 18.5.